The average molecular weight is 496 g/mol. The zero-order valence-electron chi connectivity index (χ0n) is 19.7. The van der Waals surface area contributed by atoms with Crippen LogP contribution in [0.25, 0.3) is 0 Å². The lowest BCUT2D eigenvalue weighted by Gasteiger charge is -2.37. The molecule has 0 unspecified atom stereocenters. The molecule has 1 amide bonds. The number of methoxy groups -OCH3 is 3. The lowest BCUT2D eigenvalue weighted by molar-refractivity contribution is 0.0583. The van der Waals surface area contributed by atoms with Gasteiger partial charge in [-0.2, -0.15) is 0 Å². The van der Waals surface area contributed by atoms with Crippen LogP contribution in [-0.4, -0.2) is 51.3 Å². The van der Waals surface area contributed by atoms with Crippen molar-refractivity contribution in [1.82, 2.24) is 4.90 Å². The molecule has 1 atom stereocenters. The molecular formula is C27H26ClNO6. The minimum atomic E-state index is -0.421. The fourth-order valence-corrected chi connectivity index (χ4v) is 4.44. The Kier molecular flexibility index (Phi) is 7.46. The molecule has 0 spiro atoms. The van der Waals surface area contributed by atoms with E-state index in [1.807, 2.05) is 12.1 Å². The van der Waals surface area contributed by atoms with Crippen LogP contribution in [0.5, 0.6) is 17.2 Å². The number of carbonyl (C=O) groups is 2. The van der Waals surface area contributed by atoms with Crippen LogP contribution in [0.2, 0.25) is 5.02 Å². The lowest BCUT2D eigenvalue weighted by Crippen LogP contribution is -2.42. The monoisotopic (exact) mass is 495 g/mol. The second-order valence-electron chi connectivity index (χ2n) is 7.98. The van der Waals surface area contributed by atoms with Crippen molar-refractivity contribution in [2.24, 2.45) is 0 Å². The number of amides is 1. The summed E-state index contributed by atoms with van der Waals surface area (Å²) in [6.07, 6.45) is 0.649. The molecular weight excluding hydrogens is 470 g/mol. The van der Waals surface area contributed by atoms with Crippen LogP contribution in [0.3, 0.4) is 0 Å². The number of esters is 1. The van der Waals surface area contributed by atoms with Crippen molar-refractivity contribution in [2.45, 2.75) is 12.5 Å². The number of halogens is 1. The highest BCUT2D eigenvalue weighted by atomic mass is 35.5. The summed E-state index contributed by atoms with van der Waals surface area (Å²) in [7, 11) is 4.51. The summed E-state index contributed by atoms with van der Waals surface area (Å²) in [6, 6.07) is 17.1. The number of rotatable bonds is 7. The van der Waals surface area contributed by atoms with E-state index in [4.69, 9.17) is 30.5 Å². The summed E-state index contributed by atoms with van der Waals surface area (Å²) in [5.74, 6) is 1.18. The minimum absolute atomic E-state index is 0.175. The molecule has 0 fully saturated rings. The highest BCUT2D eigenvalue weighted by molar-refractivity contribution is 6.33. The van der Waals surface area contributed by atoms with Crippen molar-refractivity contribution >= 4 is 23.5 Å². The molecule has 182 valence electrons. The van der Waals surface area contributed by atoms with E-state index in [-0.39, 0.29) is 12.5 Å². The van der Waals surface area contributed by atoms with Crippen LogP contribution in [0, 0.1) is 0 Å². The molecule has 0 saturated heterocycles. The summed E-state index contributed by atoms with van der Waals surface area (Å²) in [5, 5.41) is 0.397. The van der Waals surface area contributed by atoms with Gasteiger partial charge in [0.2, 0.25) is 0 Å². The van der Waals surface area contributed by atoms with Gasteiger partial charge in [-0.3, -0.25) is 4.79 Å². The van der Waals surface area contributed by atoms with Crippen LogP contribution in [0.4, 0.5) is 0 Å². The van der Waals surface area contributed by atoms with Crippen molar-refractivity contribution in [3.05, 3.63) is 87.9 Å². The Bertz CT molecular complexity index is 1230. The first-order valence-electron chi connectivity index (χ1n) is 11.1. The van der Waals surface area contributed by atoms with E-state index in [1.165, 1.54) is 7.11 Å². The summed E-state index contributed by atoms with van der Waals surface area (Å²) >= 11 is 6.35. The number of benzene rings is 3. The van der Waals surface area contributed by atoms with Crippen molar-refractivity contribution in [3.8, 4) is 17.2 Å². The van der Waals surface area contributed by atoms with E-state index >= 15 is 0 Å². The quantitative estimate of drug-likeness (QED) is 0.431. The van der Waals surface area contributed by atoms with Gasteiger partial charge < -0.3 is 23.8 Å². The normalized spacial score (nSPS) is 14.6. The van der Waals surface area contributed by atoms with E-state index in [0.717, 1.165) is 11.1 Å². The fourth-order valence-electron chi connectivity index (χ4n) is 4.22. The predicted octanol–water partition coefficient (Wildman–Crippen LogP) is 4.96. The molecule has 0 bridgehead atoms. The molecule has 1 heterocycles. The van der Waals surface area contributed by atoms with Crippen molar-refractivity contribution < 1.29 is 28.5 Å². The molecule has 0 radical (unpaired) electrons. The maximum Gasteiger partial charge on any atom is 0.337 e. The number of carbonyl (C=O) groups excluding carboxylic acids is 2. The molecule has 0 aliphatic carbocycles. The third-order valence-electron chi connectivity index (χ3n) is 6.05. The third kappa shape index (κ3) is 5.05. The van der Waals surface area contributed by atoms with Crippen molar-refractivity contribution in [3.63, 3.8) is 0 Å². The highest BCUT2D eigenvalue weighted by Crippen LogP contribution is 2.39. The number of hydrogen-bond acceptors (Lipinski definition) is 6. The Labute approximate surface area is 209 Å². The highest BCUT2D eigenvalue weighted by Gasteiger charge is 2.34. The van der Waals surface area contributed by atoms with Gasteiger partial charge in [-0.1, -0.05) is 23.7 Å². The van der Waals surface area contributed by atoms with Crippen LogP contribution in [0.1, 0.15) is 37.9 Å². The van der Waals surface area contributed by atoms with E-state index in [9.17, 15) is 9.59 Å². The second kappa shape index (κ2) is 10.7. The summed E-state index contributed by atoms with van der Waals surface area (Å²) in [5.41, 5.74) is 2.83. The van der Waals surface area contributed by atoms with Crippen LogP contribution < -0.4 is 14.2 Å². The number of hydrogen-bond donors (Lipinski definition) is 0. The zero-order valence-corrected chi connectivity index (χ0v) is 20.5. The first-order chi connectivity index (χ1) is 17.0. The number of fused-ring (bicyclic) bond motifs is 1. The van der Waals surface area contributed by atoms with Gasteiger partial charge in [0, 0.05) is 6.54 Å². The van der Waals surface area contributed by atoms with Crippen LogP contribution in [0.15, 0.2) is 60.7 Å². The molecule has 1 aliphatic rings. The Morgan fingerprint density at radius 2 is 1.66 bits per heavy atom. The second-order valence-corrected chi connectivity index (χ2v) is 8.38. The largest absolute Gasteiger partial charge is 0.493 e. The van der Waals surface area contributed by atoms with Gasteiger partial charge in [0.25, 0.3) is 5.91 Å². The third-order valence-corrected chi connectivity index (χ3v) is 6.38. The maximum absolute atomic E-state index is 13.6. The van der Waals surface area contributed by atoms with Gasteiger partial charge in [0.1, 0.15) is 12.4 Å². The number of nitrogens with zero attached hydrogens (tertiary/aromatic N) is 1. The van der Waals surface area contributed by atoms with E-state index in [2.05, 4.69) is 0 Å². The first kappa shape index (κ1) is 24.4. The van der Waals surface area contributed by atoms with Crippen LogP contribution in [-0.2, 0) is 11.2 Å². The standard InChI is InChI=1S/C27H26ClNO6/c1-32-24-14-18-12-13-29(26(30)20-6-4-5-7-22(20)28)23(21(18)15-25(24)33-2)16-35-19-10-8-17(9-11-19)27(31)34-3/h4-11,14-15,23H,12-13,16H2,1-3H3/t23-/m1/s1. The molecule has 35 heavy (non-hydrogen) atoms. The smallest absolute Gasteiger partial charge is 0.337 e. The predicted molar refractivity (Wildman–Crippen MR) is 132 cm³/mol. The molecule has 3 aromatic rings. The van der Waals surface area contributed by atoms with E-state index in [0.29, 0.717) is 46.4 Å². The molecule has 3 aromatic carbocycles. The molecule has 1 aliphatic heterocycles. The maximum atomic E-state index is 13.6. The molecule has 0 aromatic heterocycles. The molecule has 4 rings (SSSR count). The molecule has 0 saturated carbocycles. The Balaban J connectivity index is 1.67. The summed E-state index contributed by atoms with van der Waals surface area (Å²) < 4.78 is 21.8. The Morgan fingerprint density at radius 1 is 0.971 bits per heavy atom. The van der Waals surface area contributed by atoms with Crippen molar-refractivity contribution in [1.29, 1.82) is 0 Å². The topological polar surface area (TPSA) is 74.3 Å². The SMILES string of the molecule is COC(=O)c1ccc(OC[C@@H]2c3cc(OC)c(OC)cc3CCN2C(=O)c2ccccc2Cl)cc1. The average Bonchev–Trinajstić information content (AvgIpc) is 2.90. The molecule has 7 nitrogen and oxygen atoms in total. The lowest BCUT2D eigenvalue weighted by atomic mass is 9.91. The van der Waals surface area contributed by atoms with Gasteiger partial charge in [-0.15, -0.1) is 0 Å². The van der Waals surface area contributed by atoms with E-state index < -0.39 is 12.0 Å². The van der Waals surface area contributed by atoms with Gasteiger partial charge >= 0.3 is 5.97 Å². The van der Waals surface area contributed by atoms with Gasteiger partial charge in [-0.05, 0) is 66.1 Å². The van der Waals surface area contributed by atoms with Crippen LogP contribution >= 0.6 is 11.6 Å². The van der Waals surface area contributed by atoms with Gasteiger partial charge in [0.15, 0.2) is 11.5 Å². The van der Waals surface area contributed by atoms with E-state index in [1.54, 1.807) is 67.7 Å². The summed E-state index contributed by atoms with van der Waals surface area (Å²) in [4.78, 5) is 27.1. The molecule has 0 N–H and O–H groups in total. The van der Waals surface area contributed by atoms with Gasteiger partial charge in [-0.25, -0.2) is 4.79 Å². The Morgan fingerprint density at radius 3 is 2.31 bits per heavy atom. The zero-order chi connectivity index (χ0) is 24.9. The first-order valence-corrected chi connectivity index (χ1v) is 11.5. The minimum Gasteiger partial charge on any atom is -0.493 e. The van der Waals surface area contributed by atoms with Crippen molar-refractivity contribution in [2.75, 3.05) is 34.5 Å². The number of ether oxygens (including phenoxy) is 4. The Hall–Kier alpha value is -3.71. The molecule has 8 heteroatoms. The summed E-state index contributed by atoms with van der Waals surface area (Å²) in [6.45, 7) is 0.679. The van der Waals surface area contributed by atoms with Gasteiger partial charge in [0.05, 0.1) is 43.5 Å². The fraction of sp³-hybridized carbons (Fsp3) is 0.259.